The molecule has 1 aromatic rings. The molecule has 1 amide bonds. The van der Waals surface area contributed by atoms with Crippen LogP contribution in [0.3, 0.4) is 0 Å². The molecule has 32 heavy (non-hydrogen) atoms. The highest BCUT2D eigenvalue weighted by Crippen LogP contribution is 2.31. The molecule has 0 aromatic heterocycles. The Hall–Kier alpha value is -1.59. The van der Waals surface area contributed by atoms with Crippen LogP contribution in [0.2, 0.25) is 0 Å². The molecule has 0 bridgehead atoms. The molecule has 1 heterocycles. The highest BCUT2D eigenvalue weighted by Gasteiger charge is 2.40. The Morgan fingerprint density at radius 3 is 2.12 bits per heavy atom. The lowest BCUT2D eigenvalue weighted by Crippen LogP contribution is -2.47. The van der Waals surface area contributed by atoms with Crippen LogP contribution in [0, 0.1) is 11.8 Å². The summed E-state index contributed by atoms with van der Waals surface area (Å²) in [5, 5.41) is 3.10. The largest absolute Gasteiger partial charge is 0.494 e. The molecule has 1 saturated heterocycles. The zero-order valence-corrected chi connectivity index (χ0v) is 21.1. The number of hydrogen-bond acceptors (Lipinski definition) is 4. The summed E-state index contributed by atoms with van der Waals surface area (Å²) in [4.78, 5) is 15.9. The third-order valence-electron chi connectivity index (χ3n) is 6.01. The number of ether oxygens (including phenoxy) is 2. The predicted octanol–water partition coefficient (Wildman–Crippen LogP) is 6.14. The smallest absolute Gasteiger partial charge is 0.256 e. The summed E-state index contributed by atoms with van der Waals surface area (Å²) in [7, 11) is 0. The molecular formula is C27H46N2O3. The van der Waals surface area contributed by atoms with E-state index < -0.39 is 5.60 Å². The van der Waals surface area contributed by atoms with E-state index in [9.17, 15) is 4.79 Å². The quantitative estimate of drug-likeness (QED) is 0.370. The van der Waals surface area contributed by atoms with Crippen molar-refractivity contribution >= 4 is 11.6 Å². The Morgan fingerprint density at radius 1 is 1.00 bits per heavy atom. The van der Waals surface area contributed by atoms with Crippen molar-refractivity contribution < 1.29 is 14.3 Å². The first-order valence-electron chi connectivity index (χ1n) is 12.7. The van der Waals surface area contributed by atoms with Gasteiger partial charge in [-0.1, -0.05) is 40.5 Å². The normalized spacial score (nSPS) is 15.7. The number of benzene rings is 1. The van der Waals surface area contributed by atoms with Gasteiger partial charge < -0.3 is 19.7 Å². The Labute approximate surface area is 196 Å². The minimum atomic E-state index is -0.792. The standard InChI is InChI=1S/C27H46N2O3/c1-6-32-27(20-22(2)3,21-23(4)5)26(30)28-24-12-14-25(15-13-24)31-19-11-18-29-16-9-7-8-10-17-29/h12-15,22-23H,6-11,16-21H2,1-5H3,(H,28,30). The number of nitrogens with zero attached hydrogens (tertiary/aromatic N) is 1. The molecule has 1 aliphatic rings. The first-order valence-corrected chi connectivity index (χ1v) is 12.7. The Kier molecular flexibility index (Phi) is 11.5. The van der Waals surface area contributed by atoms with Crippen molar-refractivity contribution in [2.45, 2.75) is 85.2 Å². The van der Waals surface area contributed by atoms with Crippen molar-refractivity contribution in [3.8, 4) is 5.75 Å². The van der Waals surface area contributed by atoms with E-state index in [1.165, 1.54) is 38.8 Å². The van der Waals surface area contributed by atoms with E-state index >= 15 is 0 Å². The van der Waals surface area contributed by atoms with Gasteiger partial charge in [0.2, 0.25) is 0 Å². The third-order valence-corrected chi connectivity index (χ3v) is 6.01. The van der Waals surface area contributed by atoms with Crippen LogP contribution in [-0.2, 0) is 9.53 Å². The number of hydrogen-bond donors (Lipinski definition) is 1. The van der Waals surface area contributed by atoms with Gasteiger partial charge in [0.25, 0.3) is 5.91 Å². The summed E-state index contributed by atoms with van der Waals surface area (Å²) in [6.07, 6.45) is 7.86. The molecule has 0 unspecified atom stereocenters. The summed E-state index contributed by atoms with van der Waals surface area (Å²) in [5.74, 6) is 1.54. The number of carbonyl (C=O) groups excluding carboxylic acids is 1. The SMILES string of the molecule is CCOC(CC(C)C)(CC(C)C)C(=O)Nc1ccc(OCCCN2CCCCCC2)cc1. The first kappa shape index (κ1) is 26.7. The maximum atomic E-state index is 13.3. The van der Waals surface area contributed by atoms with Crippen molar-refractivity contribution in [2.24, 2.45) is 11.8 Å². The van der Waals surface area contributed by atoms with E-state index in [2.05, 4.69) is 37.9 Å². The lowest BCUT2D eigenvalue weighted by atomic mass is 9.83. The van der Waals surface area contributed by atoms with E-state index in [1.54, 1.807) is 0 Å². The fraction of sp³-hybridized carbons (Fsp3) is 0.741. The van der Waals surface area contributed by atoms with Gasteiger partial charge in [-0.25, -0.2) is 0 Å². The molecule has 5 heteroatoms. The van der Waals surface area contributed by atoms with Crippen LogP contribution >= 0.6 is 0 Å². The fourth-order valence-corrected chi connectivity index (χ4v) is 4.76. The van der Waals surface area contributed by atoms with Crippen LogP contribution in [0.25, 0.3) is 0 Å². The van der Waals surface area contributed by atoms with Crippen molar-refractivity contribution in [1.82, 2.24) is 4.90 Å². The Morgan fingerprint density at radius 2 is 1.59 bits per heavy atom. The van der Waals surface area contributed by atoms with Gasteiger partial charge in [-0.3, -0.25) is 4.79 Å². The topological polar surface area (TPSA) is 50.8 Å². The monoisotopic (exact) mass is 446 g/mol. The molecule has 2 rings (SSSR count). The molecule has 0 spiro atoms. The number of carbonyl (C=O) groups is 1. The zero-order valence-electron chi connectivity index (χ0n) is 21.1. The summed E-state index contributed by atoms with van der Waals surface area (Å²) in [6.45, 7) is 15.3. The fourth-order valence-electron chi connectivity index (χ4n) is 4.76. The van der Waals surface area contributed by atoms with E-state index in [1.807, 2.05) is 31.2 Å². The molecule has 0 saturated carbocycles. The van der Waals surface area contributed by atoms with E-state index in [4.69, 9.17) is 9.47 Å². The minimum absolute atomic E-state index is 0.0483. The van der Waals surface area contributed by atoms with Crippen LogP contribution in [0.15, 0.2) is 24.3 Å². The Balaban J connectivity index is 1.88. The van der Waals surface area contributed by atoms with Gasteiger partial charge in [-0.05, 0) is 88.2 Å². The number of nitrogens with one attached hydrogen (secondary N) is 1. The molecule has 0 aliphatic carbocycles. The summed E-state index contributed by atoms with van der Waals surface area (Å²) < 4.78 is 12.0. The molecule has 182 valence electrons. The molecular weight excluding hydrogens is 400 g/mol. The first-order chi connectivity index (χ1) is 15.3. The second kappa shape index (κ2) is 13.8. The highest BCUT2D eigenvalue weighted by atomic mass is 16.5. The van der Waals surface area contributed by atoms with Gasteiger partial charge in [0.15, 0.2) is 0 Å². The molecule has 1 aliphatic heterocycles. The number of rotatable bonds is 13. The molecule has 0 atom stereocenters. The molecule has 1 aromatic carbocycles. The second-order valence-corrected chi connectivity index (χ2v) is 10.1. The third kappa shape index (κ3) is 9.11. The molecule has 0 radical (unpaired) electrons. The summed E-state index contributed by atoms with van der Waals surface area (Å²) >= 11 is 0. The van der Waals surface area contributed by atoms with E-state index in [-0.39, 0.29) is 5.91 Å². The summed E-state index contributed by atoms with van der Waals surface area (Å²) in [5.41, 5.74) is -0.0111. The number of likely N-dealkylation sites (tertiary alicyclic amines) is 1. The van der Waals surface area contributed by atoms with Crippen LogP contribution in [0.1, 0.15) is 79.6 Å². The lowest BCUT2D eigenvalue weighted by molar-refractivity contribution is -0.146. The van der Waals surface area contributed by atoms with E-state index in [0.29, 0.717) is 31.3 Å². The van der Waals surface area contributed by atoms with Crippen molar-refractivity contribution in [2.75, 3.05) is 38.2 Å². The maximum absolute atomic E-state index is 13.3. The summed E-state index contributed by atoms with van der Waals surface area (Å²) in [6, 6.07) is 7.72. The van der Waals surface area contributed by atoms with Crippen molar-refractivity contribution in [1.29, 1.82) is 0 Å². The number of amides is 1. The van der Waals surface area contributed by atoms with Gasteiger partial charge in [-0.15, -0.1) is 0 Å². The van der Waals surface area contributed by atoms with Gasteiger partial charge in [0, 0.05) is 18.8 Å². The van der Waals surface area contributed by atoms with Crippen LogP contribution < -0.4 is 10.1 Å². The van der Waals surface area contributed by atoms with Gasteiger partial charge in [0.05, 0.1) is 6.61 Å². The average Bonchev–Trinajstić information content (AvgIpc) is 3.00. The molecule has 1 N–H and O–H groups in total. The molecule has 5 nitrogen and oxygen atoms in total. The van der Waals surface area contributed by atoms with Crippen molar-refractivity contribution in [3.05, 3.63) is 24.3 Å². The predicted molar refractivity (Wildman–Crippen MR) is 133 cm³/mol. The Bertz CT molecular complexity index is 639. The number of anilines is 1. The van der Waals surface area contributed by atoms with Gasteiger partial charge in [-0.2, -0.15) is 0 Å². The second-order valence-electron chi connectivity index (χ2n) is 10.1. The highest BCUT2D eigenvalue weighted by molar-refractivity contribution is 5.97. The minimum Gasteiger partial charge on any atom is -0.494 e. The van der Waals surface area contributed by atoms with E-state index in [0.717, 1.165) is 31.0 Å². The lowest BCUT2D eigenvalue weighted by Gasteiger charge is -2.35. The van der Waals surface area contributed by atoms with Crippen LogP contribution in [0.4, 0.5) is 5.69 Å². The maximum Gasteiger partial charge on any atom is 0.256 e. The van der Waals surface area contributed by atoms with Crippen molar-refractivity contribution in [3.63, 3.8) is 0 Å². The van der Waals surface area contributed by atoms with Gasteiger partial charge in [0.1, 0.15) is 11.4 Å². The van der Waals surface area contributed by atoms with Crippen LogP contribution in [-0.4, -0.2) is 49.3 Å². The zero-order chi connectivity index (χ0) is 23.4. The van der Waals surface area contributed by atoms with Crippen LogP contribution in [0.5, 0.6) is 5.75 Å². The average molecular weight is 447 g/mol. The van der Waals surface area contributed by atoms with Gasteiger partial charge >= 0.3 is 0 Å². The molecule has 1 fully saturated rings.